The number of nitrogens with zero attached hydrogens (tertiary/aromatic N) is 4. The Bertz CT molecular complexity index is 410. The maximum Gasteiger partial charge on any atom is 0.145 e. The van der Waals surface area contributed by atoms with Crippen molar-refractivity contribution in [2.45, 2.75) is 45.7 Å². The molecule has 1 unspecified atom stereocenters. The normalized spacial score (nSPS) is 20.2. The Kier molecular flexibility index (Phi) is 5.89. The molecule has 20 heavy (non-hydrogen) atoms. The van der Waals surface area contributed by atoms with Crippen LogP contribution >= 0.6 is 11.5 Å². The van der Waals surface area contributed by atoms with Crippen LogP contribution in [0.3, 0.4) is 0 Å². The Balaban J connectivity index is 1.87. The fraction of sp³-hybridized carbons (Fsp3) is 0.857. The van der Waals surface area contributed by atoms with Crippen LogP contribution in [0.4, 0.5) is 0 Å². The first-order valence-electron chi connectivity index (χ1n) is 7.50. The van der Waals surface area contributed by atoms with Crippen LogP contribution in [0.15, 0.2) is 0 Å². The SMILES string of the molecule is CC(C)c1nsc(CN2CCCN(C(C)CO)CC2)n1. The maximum absolute atomic E-state index is 9.26. The summed E-state index contributed by atoms with van der Waals surface area (Å²) in [6.07, 6.45) is 1.15. The molecule has 1 fully saturated rings. The van der Waals surface area contributed by atoms with Gasteiger partial charge in [-0.1, -0.05) is 13.8 Å². The molecule has 5 nitrogen and oxygen atoms in total. The van der Waals surface area contributed by atoms with Gasteiger partial charge in [-0.15, -0.1) is 0 Å². The van der Waals surface area contributed by atoms with E-state index >= 15 is 0 Å². The minimum Gasteiger partial charge on any atom is -0.395 e. The number of aliphatic hydroxyl groups excluding tert-OH is 1. The van der Waals surface area contributed by atoms with Gasteiger partial charge in [0.25, 0.3) is 0 Å². The molecule has 0 aliphatic carbocycles. The Morgan fingerprint density at radius 2 is 2.00 bits per heavy atom. The summed E-state index contributed by atoms with van der Waals surface area (Å²) >= 11 is 1.53. The summed E-state index contributed by atoms with van der Waals surface area (Å²) in [5, 5.41) is 10.4. The smallest absolute Gasteiger partial charge is 0.145 e. The molecule has 6 heteroatoms. The van der Waals surface area contributed by atoms with Crippen LogP contribution in [0.5, 0.6) is 0 Å². The Labute approximate surface area is 125 Å². The van der Waals surface area contributed by atoms with Crippen LogP contribution in [0, 0.1) is 0 Å². The topological polar surface area (TPSA) is 52.5 Å². The predicted molar refractivity (Wildman–Crippen MR) is 82.0 cm³/mol. The third kappa shape index (κ3) is 4.22. The lowest BCUT2D eigenvalue weighted by Crippen LogP contribution is -2.38. The number of hydrogen-bond donors (Lipinski definition) is 1. The van der Waals surface area contributed by atoms with Gasteiger partial charge in [-0.05, 0) is 38.0 Å². The fourth-order valence-corrected chi connectivity index (χ4v) is 3.29. The lowest BCUT2D eigenvalue weighted by atomic mass is 10.2. The summed E-state index contributed by atoms with van der Waals surface area (Å²) < 4.78 is 4.42. The van der Waals surface area contributed by atoms with Crippen molar-refractivity contribution in [2.75, 3.05) is 32.8 Å². The second-order valence-corrected chi connectivity index (χ2v) is 6.73. The molecule has 0 radical (unpaired) electrons. The molecule has 0 bridgehead atoms. The van der Waals surface area contributed by atoms with Crippen LogP contribution in [0.25, 0.3) is 0 Å². The Hall–Kier alpha value is -0.560. The zero-order chi connectivity index (χ0) is 14.5. The lowest BCUT2D eigenvalue weighted by Gasteiger charge is -2.26. The van der Waals surface area contributed by atoms with Crippen LogP contribution in [-0.2, 0) is 6.54 Å². The van der Waals surface area contributed by atoms with E-state index in [0.717, 1.165) is 50.0 Å². The zero-order valence-corrected chi connectivity index (χ0v) is 13.6. The van der Waals surface area contributed by atoms with Gasteiger partial charge >= 0.3 is 0 Å². The van der Waals surface area contributed by atoms with Crippen molar-refractivity contribution in [1.82, 2.24) is 19.2 Å². The van der Waals surface area contributed by atoms with E-state index in [0.29, 0.717) is 5.92 Å². The van der Waals surface area contributed by atoms with Gasteiger partial charge in [0.15, 0.2) is 0 Å². The van der Waals surface area contributed by atoms with E-state index in [-0.39, 0.29) is 12.6 Å². The number of rotatable bonds is 5. The lowest BCUT2D eigenvalue weighted by molar-refractivity contribution is 0.136. The molecule has 1 aromatic heterocycles. The standard InChI is InChI=1S/C14H26N4OS/c1-11(2)14-15-13(20-16-14)9-17-5-4-6-18(8-7-17)12(3)10-19/h11-12,19H,4-10H2,1-3H3. The molecule has 114 valence electrons. The van der Waals surface area contributed by atoms with Gasteiger partial charge in [-0.3, -0.25) is 9.80 Å². The van der Waals surface area contributed by atoms with E-state index in [2.05, 4.69) is 39.9 Å². The molecular weight excluding hydrogens is 272 g/mol. The first-order valence-corrected chi connectivity index (χ1v) is 8.27. The first kappa shape index (κ1) is 15.8. The highest BCUT2D eigenvalue weighted by atomic mass is 32.1. The maximum atomic E-state index is 9.26. The van der Waals surface area contributed by atoms with Gasteiger partial charge in [0, 0.05) is 25.0 Å². The zero-order valence-electron chi connectivity index (χ0n) is 12.7. The average molecular weight is 298 g/mol. The molecule has 0 aromatic carbocycles. The summed E-state index contributed by atoms with van der Waals surface area (Å²) in [7, 11) is 0. The van der Waals surface area contributed by atoms with Crippen molar-refractivity contribution in [3.05, 3.63) is 10.8 Å². The molecule has 0 amide bonds. The fourth-order valence-electron chi connectivity index (χ4n) is 2.46. The molecule has 1 aliphatic heterocycles. The minimum absolute atomic E-state index is 0.244. The Morgan fingerprint density at radius 3 is 2.65 bits per heavy atom. The van der Waals surface area contributed by atoms with Gasteiger partial charge < -0.3 is 5.11 Å². The predicted octanol–water partition coefficient (Wildman–Crippen LogP) is 1.55. The summed E-state index contributed by atoms with van der Waals surface area (Å²) in [6, 6.07) is 0.268. The highest BCUT2D eigenvalue weighted by Crippen LogP contribution is 2.16. The van der Waals surface area contributed by atoms with E-state index in [1.165, 1.54) is 11.5 Å². The average Bonchev–Trinajstić information content (AvgIpc) is 2.77. The van der Waals surface area contributed by atoms with Crippen molar-refractivity contribution in [2.24, 2.45) is 0 Å². The summed E-state index contributed by atoms with van der Waals surface area (Å²) in [5.41, 5.74) is 0. The van der Waals surface area contributed by atoms with E-state index in [9.17, 15) is 5.11 Å². The van der Waals surface area contributed by atoms with Crippen LogP contribution in [0.1, 0.15) is 43.9 Å². The van der Waals surface area contributed by atoms with Gasteiger partial charge in [-0.25, -0.2) is 4.98 Å². The summed E-state index contributed by atoms with van der Waals surface area (Å²) in [4.78, 5) is 9.44. The van der Waals surface area contributed by atoms with Crippen LogP contribution in [0.2, 0.25) is 0 Å². The molecule has 2 heterocycles. The molecule has 0 spiro atoms. The highest BCUT2D eigenvalue weighted by Gasteiger charge is 2.19. The second kappa shape index (κ2) is 7.45. The number of aliphatic hydroxyl groups is 1. The molecule has 1 N–H and O–H groups in total. The van der Waals surface area contributed by atoms with Crippen molar-refractivity contribution in [1.29, 1.82) is 0 Å². The molecule has 0 saturated carbocycles. The summed E-state index contributed by atoms with van der Waals surface area (Å²) in [6.45, 7) is 11.8. The van der Waals surface area contributed by atoms with Gasteiger partial charge in [0.1, 0.15) is 10.8 Å². The monoisotopic (exact) mass is 298 g/mol. The van der Waals surface area contributed by atoms with E-state index < -0.39 is 0 Å². The van der Waals surface area contributed by atoms with Gasteiger partial charge in [0.05, 0.1) is 13.2 Å². The first-order chi connectivity index (χ1) is 9.60. The van der Waals surface area contributed by atoms with Crippen molar-refractivity contribution >= 4 is 11.5 Å². The van der Waals surface area contributed by atoms with Crippen molar-refractivity contribution < 1.29 is 5.11 Å². The minimum atomic E-state index is 0.244. The van der Waals surface area contributed by atoms with E-state index in [1.54, 1.807) is 0 Å². The largest absolute Gasteiger partial charge is 0.395 e. The molecular formula is C14H26N4OS. The second-order valence-electron chi connectivity index (χ2n) is 5.90. The Morgan fingerprint density at radius 1 is 1.20 bits per heavy atom. The third-order valence-electron chi connectivity index (χ3n) is 3.87. The molecule has 1 aromatic rings. The molecule has 1 atom stereocenters. The molecule has 1 saturated heterocycles. The molecule has 1 aliphatic rings. The van der Waals surface area contributed by atoms with Crippen LogP contribution in [-0.4, -0.2) is 63.1 Å². The summed E-state index contributed by atoms with van der Waals surface area (Å²) in [5.74, 6) is 1.38. The number of aromatic nitrogens is 2. The highest BCUT2D eigenvalue weighted by molar-refractivity contribution is 7.05. The molecule has 2 rings (SSSR count). The van der Waals surface area contributed by atoms with Crippen LogP contribution < -0.4 is 0 Å². The number of hydrogen-bond acceptors (Lipinski definition) is 6. The third-order valence-corrected chi connectivity index (χ3v) is 4.58. The van der Waals surface area contributed by atoms with E-state index in [1.807, 2.05) is 0 Å². The van der Waals surface area contributed by atoms with Gasteiger partial charge in [0.2, 0.25) is 0 Å². The van der Waals surface area contributed by atoms with Crippen molar-refractivity contribution in [3.63, 3.8) is 0 Å². The quantitative estimate of drug-likeness (QED) is 0.894. The van der Waals surface area contributed by atoms with Gasteiger partial charge in [-0.2, -0.15) is 4.37 Å². The van der Waals surface area contributed by atoms with E-state index in [4.69, 9.17) is 0 Å². The van der Waals surface area contributed by atoms with Crippen molar-refractivity contribution in [3.8, 4) is 0 Å².